The summed E-state index contributed by atoms with van der Waals surface area (Å²) in [6, 6.07) is 11.5. The average Bonchev–Trinajstić information content (AvgIpc) is 3.75. The van der Waals surface area contributed by atoms with E-state index in [-0.39, 0.29) is 17.3 Å². The van der Waals surface area contributed by atoms with Crippen LogP contribution in [0.5, 0.6) is 0 Å². The molecule has 210 valence electrons. The maximum absolute atomic E-state index is 13.7. The highest BCUT2D eigenvalue weighted by atomic mass is 19.1. The van der Waals surface area contributed by atoms with Crippen molar-refractivity contribution in [3.63, 3.8) is 0 Å². The molecule has 2 saturated heterocycles. The molecule has 0 bridgehead atoms. The van der Waals surface area contributed by atoms with E-state index in [1.165, 1.54) is 24.1 Å². The minimum absolute atomic E-state index is 0.0192. The van der Waals surface area contributed by atoms with E-state index in [9.17, 15) is 9.18 Å². The van der Waals surface area contributed by atoms with Crippen LogP contribution in [0.15, 0.2) is 48.8 Å². The van der Waals surface area contributed by atoms with Crippen molar-refractivity contribution in [3.8, 4) is 11.3 Å². The number of hydrogen-bond acceptors (Lipinski definition) is 7. The quantitative estimate of drug-likeness (QED) is 0.394. The number of hydrogen-bond donors (Lipinski definition) is 2. The number of rotatable bonds is 4. The minimum atomic E-state index is -0.334. The lowest BCUT2D eigenvalue weighted by atomic mass is 9.82. The van der Waals surface area contributed by atoms with Crippen molar-refractivity contribution in [2.45, 2.75) is 43.9 Å². The number of amides is 1. The number of carbonyl (C=O) groups is 1. The van der Waals surface area contributed by atoms with Gasteiger partial charge in [-0.15, -0.1) is 0 Å². The number of pyridine rings is 2. The molecule has 1 amide bonds. The maximum atomic E-state index is 13.7. The van der Waals surface area contributed by atoms with Gasteiger partial charge in [-0.25, -0.2) is 14.4 Å². The number of likely N-dealkylation sites (tertiary alicyclic amines) is 1. The van der Waals surface area contributed by atoms with E-state index < -0.39 is 0 Å². The standard InChI is InChI=1S/C31H32FN7O2/c1-37-10-7-20(17-37)39-18-25-23(31(39)8-12-41-13-9-31)3-5-27(36-25)35-24-4-2-21(22-15-34-30(40)29(22)24)26-16-33-28-14-19(32)6-11-38(26)28/h2-6,11,14,16,20H,7-10,12-13,15,17-18H2,1H3,(H,34,40)(H,35,36). The largest absolute Gasteiger partial charge is 0.381 e. The summed E-state index contributed by atoms with van der Waals surface area (Å²) in [6.45, 7) is 4.99. The Labute approximate surface area is 237 Å². The van der Waals surface area contributed by atoms with Crippen molar-refractivity contribution >= 4 is 23.1 Å². The summed E-state index contributed by atoms with van der Waals surface area (Å²) >= 11 is 0. The van der Waals surface area contributed by atoms with E-state index in [1.54, 1.807) is 12.4 Å². The summed E-state index contributed by atoms with van der Waals surface area (Å²) < 4.78 is 21.4. The molecule has 8 rings (SSSR count). The fourth-order valence-corrected chi connectivity index (χ4v) is 7.48. The molecule has 2 fully saturated rings. The molecule has 0 radical (unpaired) electrons. The number of carbonyl (C=O) groups excluding carboxylic acids is 1. The second kappa shape index (κ2) is 9.34. The van der Waals surface area contributed by atoms with Crippen molar-refractivity contribution in [2.75, 3.05) is 38.7 Å². The average molecular weight is 554 g/mol. The van der Waals surface area contributed by atoms with Gasteiger partial charge in [-0.1, -0.05) is 12.1 Å². The predicted molar refractivity (Wildman–Crippen MR) is 152 cm³/mol. The van der Waals surface area contributed by atoms with Gasteiger partial charge in [-0.3, -0.25) is 14.1 Å². The van der Waals surface area contributed by atoms with Gasteiger partial charge >= 0.3 is 0 Å². The number of halogens is 1. The number of anilines is 2. The first kappa shape index (κ1) is 24.9. The van der Waals surface area contributed by atoms with Crippen molar-refractivity contribution < 1.29 is 13.9 Å². The molecule has 7 heterocycles. The molecule has 4 aliphatic heterocycles. The van der Waals surface area contributed by atoms with Gasteiger partial charge in [0.25, 0.3) is 5.91 Å². The lowest BCUT2D eigenvalue weighted by molar-refractivity contribution is -0.0425. The molecule has 1 spiro atoms. The third kappa shape index (κ3) is 3.88. The Morgan fingerprint density at radius 1 is 1.17 bits per heavy atom. The van der Waals surface area contributed by atoms with Crippen LogP contribution in [0.1, 0.15) is 46.4 Å². The molecular formula is C31H32FN7O2. The maximum Gasteiger partial charge on any atom is 0.254 e. The van der Waals surface area contributed by atoms with E-state index in [0.29, 0.717) is 23.8 Å². The van der Waals surface area contributed by atoms with Crippen LogP contribution in [-0.2, 0) is 23.4 Å². The highest BCUT2D eigenvalue weighted by Gasteiger charge is 2.50. The first-order valence-corrected chi connectivity index (χ1v) is 14.4. The van der Waals surface area contributed by atoms with Crippen LogP contribution in [-0.4, -0.2) is 69.5 Å². The normalized spacial score (nSPS) is 21.9. The van der Waals surface area contributed by atoms with Gasteiger partial charge in [-0.05, 0) is 62.2 Å². The predicted octanol–water partition coefficient (Wildman–Crippen LogP) is 4.05. The fourth-order valence-electron chi connectivity index (χ4n) is 7.48. The zero-order chi connectivity index (χ0) is 27.7. The molecule has 9 nitrogen and oxygen atoms in total. The number of fused-ring (bicyclic) bond motifs is 4. The lowest BCUT2D eigenvalue weighted by Gasteiger charge is -2.45. The van der Waals surface area contributed by atoms with Crippen LogP contribution in [0, 0.1) is 5.82 Å². The van der Waals surface area contributed by atoms with Gasteiger partial charge in [0.1, 0.15) is 17.3 Å². The minimum Gasteiger partial charge on any atom is -0.381 e. The number of nitrogens with one attached hydrogen (secondary N) is 2. The summed E-state index contributed by atoms with van der Waals surface area (Å²) in [4.78, 5) is 27.7. The number of aromatic nitrogens is 3. The van der Waals surface area contributed by atoms with Gasteiger partial charge in [0, 0.05) is 56.7 Å². The molecule has 3 aromatic heterocycles. The Morgan fingerprint density at radius 3 is 2.88 bits per heavy atom. The number of likely N-dealkylation sites (N-methyl/N-ethyl adjacent to an activating group) is 1. The van der Waals surface area contributed by atoms with Crippen LogP contribution in [0.2, 0.25) is 0 Å². The SMILES string of the molecule is CN1CCC(N2Cc3nc(Nc4ccc(-c5cnc6cc(F)ccn56)c5c4C(=O)NC5)ccc3C23CCOCC3)C1. The van der Waals surface area contributed by atoms with E-state index in [2.05, 4.69) is 38.5 Å². The Hall–Kier alpha value is -3.86. The third-order valence-corrected chi connectivity index (χ3v) is 9.45. The molecular weight excluding hydrogens is 521 g/mol. The second-order valence-corrected chi connectivity index (χ2v) is 11.7. The Morgan fingerprint density at radius 2 is 2.05 bits per heavy atom. The molecule has 1 unspecified atom stereocenters. The number of nitrogens with zero attached hydrogens (tertiary/aromatic N) is 5. The summed E-state index contributed by atoms with van der Waals surface area (Å²) in [5.41, 5.74) is 6.87. The Balaban J connectivity index is 1.14. The van der Waals surface area contributed by atoms with E-state index in [1.807, 2.05) is 22.6 Å². The van der Waals surface area contributed by atoms with Crippen LogP contribution >= 0.6 is 0 Å². The van der Waals surface area contributed by atoms with Gasteiger partial charge in [0.2, 0.25) is 0 Å². The molecule has 1 atom stereocenters. The van der Waals surface area contributed by atoms with E-state index in [4.69, 9.17) is 9.72 Å². The smallest absolute Gasteiger partial charge is 0.254 e. The van der Waals surface area contributed by atoms with Crippen molar-refractivity contribution in [2.24, 2.45) is 0 Å². The Kier molecular flexibility index (Phi) is 5.67. The first-order chi connectivity index (χ1) is 20.0. The molecule has 41 heavy (non-hydrogen) atoms. The van der Waals surface area contributed by atoms with Crippen LogP contribution < -0.4 is 10.6 Å². The summed E-state index contributed by atoms with van der Waals surface area (Å²) in [7, 11) is 2.20. The highest BCUT2D eigenvalue weighted by Crippen LogP contribution is 2.48. The topological polar surface area (TPSA) is 87.0 Å². The van der Waals surface area contributed by atoms with Crippen LogP contribution in [0.4, 0.5) is 15.9 Å². The molecule has 2 N–H and O–H groups in total. The number of benzene rings is 1. The van der Waals surface area contributed by atoms with E-state index in [0.717, 1.165) is 79.7 Å². The lowest BCUT2D eigenvalue weighted by Crippen LogP contribution is -2.50. The molecule has 4 aromatic rings. The molecule has 0 aliphatic carbocycles. The summed E-state index contributed by atoms with van der Waals surface area (Å²) in [6.07, 6.45) is 6.54. The van der Waals surface area contributed by atoms with Crippen molar-refractivity contribution in [1.29, 1.82) is 0 Å². The number of ether oxygens (including phenoxy) is 1. The molecule has 4 aliphatic rings. The second-order valence-electron chi connectivity index (χ2n) is 11.7. The molecule has 10 heteroatoms. The van der Waals surface area contributed by atoms with Crippen LogP contribution in [0.25, 0.3) is 16.9 Å². The summed E-state index contributed by atoms with van der Waals surface area (Å²) in [5.74, 6) is 0.277. The zero-order valence-corrected chi connectivity index (χ0v) is 23.0. The van der Waals surface area contributed by atoms with Gasteiger partial charge < -0.3 is 20.3 Å². The first-order valence-electron chi connectivity index (χ1n) is 14.4. The monoisotopic (exact) mass is 553 g/mol. The van der Waals surface area contributed by atoms with Crippen molar-refractivity contribution in [3.05, 3.63) is 77.0 Å². The number of imidazole rings is 1. The van der Waals surface area contributed by atoms with Crippen LogP contribution in [0.3, 0.4) is 0 Å². The van der Waals surface area contributed by atoms with Gasteiger partial charge in [0.15, 0.2) is 0 Å². The van der Waals surface area contributed by atoms with Gasteiger partial charge in [0.05, 0.1) is 34.4 Å². The van der Waals surface area contributed by atoms with Gasteiger partial charge in [-0.2, -0.15) is 0 Å². The highest BCUT2D eigenvalue weighted by molar-refractivity contribution is 6.06. The fraction of sp³-hybridized carbons (Fsp3) is 0.387. The Bertz CT molecular complexity index is 1700. The third-order valence-electron chi connectivity index (χ3n) is 9.45. The molecule has 1 aromatic carbocycles. The molecule has 0 saturated carbocycles. The summed E-state index contributed by atoms with van der Waals surface area (Å²) in [5, 5.41) is 6.45. The zero-order valence-electron chi connectivity index (χ0n) is 23.0. The van der Waals surface area contributed by atoms with Crippen molar-refractivity contribution in [1.82, 2.24) is 29.5 Å². The van der Waals surface area contributed by atoms with E-state index >= 15 is 0 Å².